The van der Waals surface area contributed by atoms with Gasteiger partial charge in [-0.2, -0.15) is 0 Å². The summed E-state index contributed by atoms with van der Waals surface area (Å²) in [6.45, 7) is 8.23. The number of amides is 2. The van der Waals surface area contributed by atoms with Crippen molar-refractivity contribution in [2.24, 2.45) is 0 Å². The summed E-state index contributed by atoms with van der Waals surface area (Å²) in [6, 6.07) is 9.64. The van der Waals surface area contributed by atoms with Crippen LogP contribution in [0.3, 0.4) is 0 Å². The van der Waals surface area contributed by atoms with Crippen molar-refractivity contribution in [3.63, 3.8) is 0 Å². The maximum absolute atomic E-state index is 12.5. The Bertz CT molecular complexity index is 615. The van der Waals surface area contributed by atoms with Crippen molar-refractivity contribution in [1.29, 1.82) is 0 Å². The zero-order chi connectivity index (χ0) is 16.7. The topological polar surface area (TPSA) is 40.6 Å². The van der Waals surface area contributed by atoms with Crippen LogP contribution in [-0.4, -0.2) is 47.0 Å². The second-order valence-corrected chi connectivity index (χ2v) is 5.89. The van der Waals surface area contributed by atoms with Gasteiger partial charge in [0.2, 0.25) is 11.8 Å². The molecule has 4 nitrogen and oxygen atoms in total. The highest BCUT2D eigenvalue weighted by atomic mass is 32.2. The average molecular weight is 328 g/mol. The molecule has 0 aliphatic carbocycles. The SMILES string of the molecule is C=CCN(CC=C)C(=O)CN1C(=O)CSC=C1c1ccccc1. The van der Waals surface area contributed by atoms with Crippen molar-refractivity contribution >= 4 is 29.3 Å². The van der Waals surface area contributed by atoms with Crippen LogP contribution in [0.4, 0.5) is 0 Å². The van der Waals surface area contributed by atoms with E-state index in [2.05, 4.69) is 13.2 Å². The molecule has 0 atom stereocenters. The van der Waals surface area contributed by atoms with Gasteiger partial charge < -0.3 is 9.80 Å². The third-order valence-corrected chi connectivity index (χ3v) is 4.21. The number of benzene rings is 1. The number of thioether (sulfide) groups is 1. The van der Waals surface area contributed by atoms with Crippen molar-refractivity contribution in [1.82, 2.24) is 9.80 Å². The van der Waals surface area contributed by atoms with Crippen LogP contribution in [0.2, 0.25) is 0 Å². The Labute approximate surface area is 141 Å². The van der Waals surface area contributed by atoms with Crippen LogP contribution in [0, 0.1) is 0 Å². The van der Waals surface area contributed by atoms with E-state index in [0.717, 1.165) is 11.3 Å². The van der Waals surface area contributed by atoms with E-state index >= 15 is 0 Å². The predicted octanol–water partition coefficient (Wildman–Crippen LogP) is 2.76. The largest absolute Gasteiger partial charge is 0.334 e. The molecular weight excluding hydrogens is 308 g/mol. The minimum atomic E-state index is -0.119. The molecule has 1 aliphatic rings. The van der Waals surface area contributed by atoms with Crippen molar-refractivity contribution in [3.05, 3.63) is 66.6 Å². The second kappa shape index (κ2) is 8.39. The Morgan fingerprint density at radius 3 is 2.48 bits per heavy atom. The first-order chi connectivity index (χ1) is 11.2. The molecule has 0 spiro atoms. The molecule has 1 aliphatic heterocycles. The third-order valence-electron chi connectivity index (χ3n) is 3.41. The summed E-state index contributed by atoms with van der Waals surface area (Å²) in [5.41, 5.74) is 1.71. The standard InChI is InChI=1S/C18H20N2O2S/c1-3-10-19(11-4-2)17(21)12-20-16(13-23-14-18(20)22)15-8-6-5-7-9-15/h3-9,13H,1-2,10-12,14H2. The van der Waals surface area contributed by atoms with E-state index in [1.54, 1.807) is 22.0 Å². The fourth-order valence-electron chi connectivity index (χ4n) is 2.30. The van der Waals surface area contributed by atoms with Crippen molar-refractivity contribution in [3.8, 4) is 0 Å². The number of hydrogen-bond donors (Lipinski definition) is 0. The molecule has 120 valence electrons. The summed E-state index contributed by atoms with van der Waals surface area (Å²) in [6.07, 6.45) is 3.34. The third kappa shape index (κ3) is 4.36. The molecule has 0 saturated carbocycles. The average Bonchev–Trinajstić information content (AvgIpc) is 2.57. The number of nitrogens with zero attached hydrogens (tertiary/aromatic N) is 2. The molecule has 0 N–H and O–H groups in total. The van der Waals surface area contributed by atoms with E-state index in [4.69, 9.17) is 0 Å². The van der Waals surface area contributed by atoms with Crippen LogP contribution < -0.4 is 0 Å². The molecule has 0 radical (unpaired) electrons. The van der Waals surface area contributed by atoms with Gasteiger partial charge in [0, 0.05) is 13.1 Å². The van der Waals surface area contributed by atoms with Gasteiger partial charge in [0.15, 0.2) is 0 Å². The minimum Gasteiger partial charge on any atom is -0.334 e. The Morgan fingerprint density at radius 2 is 1.87 bits per heavy atom. The van der Waals surface area contributed by atoms with Gasteiger partial charge in [0.1, 0.15) is 6.54 Å². The Hall–Kier alpha value is -2.27. The first kappa shape index (κ1) is 17.1. The number of carbonyl (C=O) groups excluding carboxylic acids is 2. The van der Waals surface area contributed by atoms with Crippen LogP contribution in [-0.2, 0) is 9.59 Å². The van der Waals surface area contributed by atoms with Crippen LogP contribution in [0.1, 0.15) is 5.56 Å². The lowest BCUT2D eigenvalue weighted by Crippen LogP contribution is -2.43. The fourth-order valence-corrected chi connectivity index (χ4v) is 3.10. The lowest BCUT2D eigenvalue weighted by Gasteiger charge is -2.30. The first-order valence-corrected chi connectivity index (χ1v) is 8.39. The Kier molecular flexibility index (Phi) is 6.23. The molecule has 5 heteroatoms. The van der Waals surface area contributed by atoms with Crippen molar-refractivity contribution < 1.29 is 9.59 Å². The molecule has 1 aromatic rings. The molecule has 0 fully saturated rings. The smallest absolute Gasteiger partial charge is 0.243 e. The Morgan fingerprint density at radius 1 is 1.22 bits per heavy atom. The zero-order valence-electron chi connectivity index (χ0n) is 13.0. The molecular formula is C18H20N2O2S. The molecule has 0 bridgehead atoms. The van der Waals surface area contributed by atoms with Gasteiger partial charge >= 0.3 is 0 Å². The summed E-state index contributed by atoms with van der Waals surface area (Å²) in [7, 11) is 0. The van der Waals surface area contributed by atoms with Gasteiger partial charge in [0.25, 0.3) is 0 Å². The van der Waals surface area contributed by atoms with E-state index in [0.29, 0.717) is 18.8 Å². The lowest BCUT2D eigenvalue weighted by molar-refractivity contribution is -0.136. The maximum Gasteiger partial charge on any atom is 0.243 e. The second-order valence-electron chi connectivity index (χ2n) is 5.04. The van der Waals surface area contributed by atoms with Gasteiger partial charge in [-0.3, -0.25) is 9.59 Å². The normalized spacial score (nSPS) is 14.2. The summed E-state index contributed by atoms with van der Waals surface area (Å²) < 4.78 is 0. The van der Waals surface area contributed by atoms with Crippen molar-refractivity contribution in [2.45, 2.75) is 0 Å². The zero-order valence-corrected chi connectivity index (χ0v) is 13.8. The molecule has 0 saturated heterocycles. The lowest BCUT2D eigenvalue weighted by atomic mass is 10.1. The van der Waals surface area contributed by atoms with Crippen LogP contribution in [0.15, 0.2) is 61.0 Å². The molecule has 0 unspecified atom stereocenters. The van der Waals surface area contributed by atoms with E-state index in [1.807, 2.05) is 35.7 Å². The summed E-state index contributed by atoms with van der Waals surface area (Å²) in [4.78, 5) is 28.0. The van der Waals surface area contributed by atoms with Crippen LogP contribution >= 0.6 is 11.8 Å². The van der Waals surface area contributed by atoms with E-state index in [9.17, 15) is 9.59 Å². The summed E-state index contributed by atoms with van der Waals surface area (Å²) >= 11 is 1.46. The van der Waals surface area contributed by atoms with Crippen LogP contribution in [0.25, 0.3) is 5.70 Å². The number of hydrogen-bond acceptors (Lipinski definition) is 3. The molecule has 2 rings (SSSR count). The fraction of sp³-hybridized carbons (Fsp3) is 0.222. The highest BCUT2D eigenvalue weighted by molar-refractivity contribution is 8.03. The Balaban J connectivity index is 2.20. The minimum absolute atomic E-state index is 0.0296. The van der Waals surface area contributed by atoms with Crippen molar-refractivity contribution in [2.75, 3.05) is 25.4 Å². The highest BCUT2D eigenvalue weighted by Gasteiger charge is 2.26. The van der Waals surface area contributed by atoms with Gasteiger partial charge in [0.05, 0.1) is 11.4 Å². The monoisotopic (exact) mass is 328 g/mol. The van der Waals surface area contributed by atoms with Gasteiger partial charge in [-0.25, -0.2) is 0 Å². The van der Waals surface area contributed by atoms with E-state index < -0.39 is 0 Å². The number of carbonyl (C=O) groups is 2. The molecule has 0 aromatic heterocycles. The molecule has 23 heavy (non-hydrogen) atoms. The highest BCUT2D eigenvalue weighted by Crippen LogP contribution is 2.28. The molecule has 1 heterocycles. The van der Waals surface area contributed by atoms with Gasteiger partial charge in [-0.15, -0.1) is 24.9 Å². The first-order valence-electron chi connectivity index (χ1n) is 7.34. The molecule has 2 amide bonds. The van der Waals surface area contributed by atoms with E-state index in [1.165, 1.54) is 11.8 Å². The maximum atomic E-state index is 12.5. The van der Waals surface area contributed by atoms with E-state index in [-0.39, 0.29) is 18.4 Å². The summed E-state index contributed by atoms with van der Waals surface area (Å²) in [5.74, 6) is 0.181. The molecule has 1 aromatic carbocycles. The van der Waals surface area contributed by atoms with Gasteiger partial charge in [-0.1, -0.05) is 42.5 Å². The predicted molar refractivity (Wildman–Crippen MR) is 95.6 cm³/mol. The van der Waals surface area contributed by atoms with Gasteiger partial charge in [-0.05, 0) is 11.0 Å². The quantitative estimate of drug-likeness (QED) is 0.723. The van der Waals surface area contributed by atoms with Crippen LogP contribution in [0.5, 0.6) is 0 Å². The summed E-state index contributed by atoms with van der Waals surface area (Å²) in [5, 5.41) is 1.94. The number of rotatable bonds is 7.